The van der Waals surface area contributed by atoms with Gasteiger partial charge in [-0.05, 0) is 60.1 Å². The first-order chi connectivity index (χ1) is 25.2. The molecule has 3 nitrogen and oxygen atoms in total. The Hall–Kier alpha value is -2.72. The van der Waals surface area contributed by atoms with E-state index in [0.717, 1.165) is 12.8 Å². The molecule has 2 atom stereocenters. The fourth-order valence-electron chi connectivity index (χ4n) is 6.90. The average molecular weight is 695 g/mol. The van der Waals surface area contributed by atoms with E-state index in [2.05, 4.69) is 111 Å². The molecule has 2 aromatic rings. The van der Waals surface area contributed by atoms with E-state index in [1.54, 1.807) is 0 Å². The predicted molar refractivity (Wildman–Crippen MR) is 219 cm³/mol. The van der Waals surface area contributed by atoms with Crippen molar-refractivity contribution < 1.29 is 14.2 Å². The quantitative estimate of drug-likeness (QED) is 0.0464. The van der Waals surface area contributed by atoms with Gasteiger partial charge in [-0.25, -0.2) is 0 Å². The summed E-state index contributed by atoms with van der Waals surface area (Å²) < 4.78 is 18.4. The first-order valence-electron chi connectivity index (χ1n) is 20.9. The van der Waals surface area contributed by atoms with E-state index in [4.69, 9.17) is 14.2 Å². The van der Waals surface area contributed by atoms with Crippen LogP contribution in [0.5, 0.6) is 0 Å². The van der Waals surface area contributed by atoms with Crippen LogP contribution in [0.3, 0.4) is 0 Å². The summed E-state index contributed by atoms with van der Waals surface area (Å²) in [5, 5.41) is 0. The van der Waals surface area contributed by atoms with Crippen LogP contribution >= 0.6 is 0 Å². The molecule has 0 aromatic heterocycles. The second-order valence-corrected chi connectivity index (χ2v) is 15.1. The normalized spacial score (nSPS) is 20.1. The Balaban J connectivity index is 1.12. The highest BCUT2D eigenvalue weighted by Crippen LogP contribution is 2.43. The van der Waals surface area contributed by atoms with Crippen LogP contribution < -0.4 is 0 Å². The van der Waals surface area contributed by atoms with Crippen molar-refractivity contribution in [2.75, 3.05) is 26.4 Å². The summed E-state index contributed by atoms with van der Waals surface area (Å²) in [4.78, 5) is 0. The van der Waals surface area contributed by atoms with Gasteiger partial charge >= 0.3 is 0 Å². The number of allylic oxidation sites excluding steroid dienone is 6. The van der Waals surface area contributed by atoms with Crippen LogP contribution in [0.2, 0.25) is 0 Å². The van der Waals surface area contributed by atoms with Crippen molar-refractivity contribution >= 4 is 12.2 Å². The maximum absolute atomic E-state index is 6.33. The minimum atomic E-state index is -0.350. The Kier molecular flexibility index (Phi) is 19.7. The summed E-state index contributed by atoms with van der Waals surface area (Å²) in [5.74, 6) is 0. The zero-order valence-electron chi connectivity index (χ0n) is 32.4. The number of ether oxygens (including phenoxy) is 3. The molecule has 0 amide bonds. The number of rotatable bonds is 30. The van der Waals surface area contributed by atoms with Crippen LogP contribution in [0.1, 0.15) is 165 Å². The van der Waals surface area contributed by atoms with Gasteiger partial charge in [-0.3, -0.25) is 0 Å². The van der Waals surface area contributed by atoms with Gasteiger partial charge in [-0.15, -0.1) is 0 Å². The Bertz CT molecular complexity index is 1220. The van der Waals surface area contributed by atoms with Gasteiger partial charge in [0, 0.05) is 0 Å². The van der Waals surface area contributed by atoms with E-state index in [9.17, 15) is 0 Å². The van der Waals surface area contributed by atoms with E-state index in [1.165, 1.54) is 138 Å². The Morgan fingerprint density at radius 1 is 0.510 bits per heavy atom. The lowest BCUT2D eigenvalue weighted by Crippen LogP contribution is -2.23. The molecule has 2 saturated heterocycles. The van der Waals surface area contributed by atoms with Crippen LogP contribution in [-0.4, -0.2) is 26.4 Å². The molecule has 0 saturated carbocycles. The summed E-state index contributed by atoms with van der Waals surface area (Å²) in [6.45, 7) is 7.03. The molecule has 0 aliphatic carbocycles. The summed E-state index contributed by atoms with van der Waals surface area (Å²) in [5.41, 5.74) is 4.06. The number of hydrogen-bond acceptors (Lipinski definition) is 3. The molecule has 2 aliphatic rings. The second kappa shape index (κ2) is 24.5. The fourth-order valence-corrected chi connectivity index (χ4v) is 6.90. The van der Waals surface area contributed by atoms with Gasteiger partial charge in [0.15, 0.2) is 0 Å². The summed E-state index contributed by atoms with van der Waals surface area (Å²) in [6.07, 6.45) is 44.8. The smallest absolute Gasteiger partial charge is 0.140 e. The second-order valence-electron chi connectivity index (χ2n) is 15.1. The first kappa shape index (κ1) is 41.0. The van der Waals surface area contributed by atoms with Crippen molar-refractivity contribution in [2.24, 2.45) is 0 Å². The van der Waals surface area contributed by atoms with Crippen molar-refractivity contribution in [1.29, 1.82) is 0 Å². The van der Waals surface area contributed by atoms with Gasteiger partial charge in [0.05, 0.1) is 26.4 Å². The SMILES string of the molecule is CCCCCCCCCCC/C=C/C=C/c1cccc(C2(COCC3(c4cccc(/C=C/C=C/CCCCCCCCCCC)c4)CO3)CO2)c1. The molecule has 280 valence electrons. The molecule has 2 aliphatic heterocycles. The average Bonchev–Trinajstić information content (AvgIpc) is 4.10. The molecule has 51 heavy (non-hydrogen) atoms. The summed E-state index contributed by atoms with van der Waals surface area (Å²) >= 11 is 0. The Labute approximate surface area is 312 Å². The van der Waals surface area contributed by atoms with E-state index >= 15 is 0 Å². The standard InChI is InChI=1S/C48H70O3/c1-3-5-7-9-11-13-15-17-19-21-23-25-27-31-43-33-29-35-45(37-43)47(41-50-47)39-49-40-48(42-51-48)46-36-30-34-44(38-46)32-28-26-24-22-20-18-16-14-12-10-8-6-4-2/h23-38H,3-22,39-42H2,1-2H3/b25-23+,26-24+,31-27+,32-28+. The Morgan fingerprint density at radius 2 is 0.882 bits per heavy atom. The van der Waals surface area contributed by atoms with Crippen molar-refractivity contribution in [3.63, 3.8) is 0 Å². The van der Waals surface area contributed by atoms with Crippen LogP contribution in [0.25, 0.3) is 12.2 Å². The van der Waals surface area contributed by atoms with Gasteiger partial charge in [-0.2, -0.15) is 0 Å². The minimum absolute atomic E-state index is 0.350. The van der Waals surface area contributed by atoms with Gasteiger partial charge in [0.1, 0.15) is 11.2 Å². The lowest BCUT2D eigenvalue weighted by Gasteiger charge is -2.17. The highest BCUT2D eigenvalue weighted by atomic mass is 16.6. The third-order valence-corrected chi connectivity index (χ3v) is 10.5. The van der Waals surface area contributed by atoms with Gasteiger partial charge in [0.2, 0.25) is 0 Å². The highest BCUT2D eigenvalue weighted by Gasteiger charge is 2.50. The third kappa shape index (κ3) is 16.2. The van der Waals surface area contributed by atoms with Crippen molar-refractivity contribution in [3.05, 3.63) is 107 Å². The van der Waals surface area contributed by atoms with Crippen LogP contribution in [-0.2, 0) is 25.4 Å². The molecule has 2 aromatic carbocycles. The summed E-state index contributed by atoms with van der Waals surface area (Å²) in [7, 11) is 0. The summed E-state index contributed by atoms with van der Waals surface area (Å²) in [6, 6.07) is 17.4. The topological polar surface area (TPSA) is 34.3 Å². The highest BCUT2D eigenvalue weighted by molar-refractivity contribution is 5.54. The van der Waals surface area contributed by atoms with Gasteiger partial charge in [-0.1, -0.05) is 202 Å². The lowest BCUT2D eigenvalue weighted by atomic mass is 9.97. The zero-order valence-corrected chi connectivity index (χ0v) is 32.4. The maximum atomic E-state index is 6.33. The number of hydrogen-bond donors (Lipinski definition) is 0. The van der Waals surface area contributed by atoms with Crippen molar-refractivity contribution in [3.8, 4) is 0 Å². The van der Waals surface area contributed by atoms with E-state index < -0.39 is 0 Å². The minimum Gasteiger partial charge on any atom is -0.375 e. The van der Waals surface area contributed by atoms with Gasteiger partial charge in [0.25, 0.3) is 0 Å². The maximum Gasteiger partial charge on any atom is 0.140 e. The molecule has 2 heterocycles. The Morgan fingerprint density at radius 3 is 1.25 bits per heavy atom. The molecule has 3 heteroatoms. The van der Waals surface area contributed by atoms with Crippen molar-refractivity contribution in [1.82, 2.24) is 0 Å². The monoisotopic (exact) mass is 695 g/mol. The molecule has 0 bridgehead atoms. The largest absolute Gasteiger partial charge is 0.375 e. The first-order valence-corrected chi connectivity index (χ1v) is 20.9. The number of benzene rings is 2. The number of unbranched alkanes of at least 4 members (excludes halogenated alkanes) is 18. The van der Waals surface area contributed by atoms with Crippen molar-refractivity contribution in [2.45, 2.75) is 153 Å². The molecule has 0 N–H and O–H groups in total. The van der Waals surface area contributed by atoms with E-state index in [-0.39, 0.29) is 11.2 Å². The van der Waals surface area contributed by atoms with Crippen LogP contribution in [0.4, 0.5) is 0 Å². The molecule has 0 radical (unpaired) electrons. The molecule has 0 spiro atoms. The number of epoxide rings is 2. The molecule has 2 unspecified atom stereocenters. The zero-order chi connectivity index (χ0) is 35.7. The van der Waals surface area contributed by atoms with Crippen LogP contribution in [0.15, 0.2) is 85.0 Å². The van der Waals surface area contributed by atoms with E-state index in [0.29, 0.717) is 26.4 Å². The molecule has 2 fully saturated rings. The fraction of sp³-hybridized carbons (Fsp3) is 0.583. The predicted octanol–water partition coefficient (Wildman–Crippen LogP) is 13.8. The molecular weight excluding hydrogens is 625 g/mol. The lowest BCUT2D eigenvalue weighted by molar-refractivity contribution is 0.0403. The molecule has 4 rings (SSSR count). The third-order valence-electron chi connectivity index (χ3n) is 10.5. The van der Waals surface area contributed by atoms with E-state index in [1.807, 2.05) is 0 Å². The van der Waals surface area contributed by atoms with Crippen LogP contribution in [0, 0.1) is 0 Å². The molecular formula is C48H70O3. The van der Waals surface area contributed by atoms with Gasteiger partial charge < -0.3 is 14.2 Å².